The van der Waals surface area contributed by atoms with Crippen molar-refractivity contribution < 1.29 is 29.0 Å². The largest absolute Gasteiger partial charge is 0.493 e. The first kappa shape index (κ1) is 18.0. The van der Waals surface area contributed by atoms with Gasteiger partial charge in [-0.3, -0.25) is 14.4 Å². The highest BCUT2D eigenvalue weighted by Gasteiger charge is 2.46. The van der Waals surface area contributed by atoms with Crippen LogP contribution in [0.15, 0.2) is 18.2 Å². The molecule has 3 rings (SSSR count). The SMILES string of the molecule is COc1cc(C(=O)N2C[C@H](C(=O)O)[C@@H](C3CC3)C2)ccc1OCC(N)=O. The summed E-state index contributed by atoms with van der Waals surface area (Å²) in [5.74, 6) is -1.15. The van der Waals surface area contributed by atoms with Crippen molar-refractivity contribution in [2.45, 2.75) is 12.8 Å². The summed E-state index contributed by atoms with van der Waals surface area (Å²) >= 11 is 0. The van der Waals surface area contributed by atoms with Gasteiger partial charge in [0, 0.05) is 18.7 Å². The van der Waals surface area contributed by atoms with Crippen molar-refractivity contribution in [3.63, 3.8) is 0 Å². The van der Waals surface area contributed by atoms with E-state index >= 15 is 0 Å². The van der Waals surface area contributed by atoms with E-state index in [9.17, 15) is 19.5 Å². The van der Waals surface area contributed by atoms with Crippen LogP contribution in [-0.2, 0) is 9.59 Å². The van der Waals surface area contributed by atoms with Gasteiger partial charge in [0.2, 0.25) is 0 Å². The molecule has 0 radical (unpaired) electrons. The highest BCUT2D eigenvalue weighted by atomic mass is 16.5. The maximum absolute atomic E-state index is 12.8. The zero-order valence-electron chi connectivity index (χ0n) is 14.5. The molecule has 140 valence electrons. The maximum Gasteiger partial charge on any atom is 0.308 e. The lowest BCUT2D eigenvalue weighted by Crippen LogP contribution is -2.30. The molecular formula is C18H22N2O6. The summed E-state index contributed by atoms with van der Waals surface area (Å²) in [4.78, 5) is 36.8. The first-order valence-electron chi connectivity index (χ1n) is 8.52. The van der Waals surface area contributed by atoms with Crippen LogP contribution in [0.3, 0.4) is 0 Å². The lowest BCUT2D eigenvalue weighted by molar-refractivity contribution is -0.142. The summed E-state index contributed by atoms with van der Waals surface area (Å²) in [6, 6.07) is 4.64. The Bertz CT molecular complexity index is 730. The van der Waals surface area contributed by atoms with Crippen molar-refractivity contribution in [2.75, 3.05) is 26.8 Å². The van der Waals surface area contributed by atoms with Gasteiger partial charge in [-0.1, -0.05) is 0 Å². The molecule has 2 amide bonds. The van der Waals surface area contributed by atoms with E-state index in [1.165, 1.54) is 19.2 Å². The Balaban J connectivity index is 1.75. The quantitative estimate of drug-likeness (QED) is 0.738. The van der Waals surface area contributed by atoms with Crippen LogP contribution in [0.5, 0.6) is 11.5 Å². The Morgan fingerprint density at radius 3 is 2.54 bits per heavy atom. The van der Waals surface area contributed by atoms with E-state index < -0.39 is 17.8 Å². The summed E-state index contributed by atoms with van der Waals surface area (Å²) in [7, 11) is 1.43. The predicted molar refractivity (Wildman–Crippen MR) is 90.9 cm³/mol. The molecule has 3 N–H and O–H groups in total. The number of rotatable bonds is 7. The van der Waals surface area contributed by atoms with Gasteiger partial charge in [-0.15, -0.1) is 0 Å². The van der Waals surface area contributed by atoms with Crippen molar-refractivity contribution in [2.24, 2.45) is 23.5 Å². The van der Waals surface area contributed by atoms with Crippen LogP contribution in [0, 0.1) is 17.8 Å². The second-order valence-corrected chi connectivity index (χ2v) is 6.78. The Morgan fingerprint density at radius 1 is 1.23 bits per heavy atom. The molecule has 0 spiro atoms. The van der Waals surface area contributed by atoms with Gasteiger partial charge < -0.3 is 25.2 Å². The first-order chi connectivity index (χ1) is 12.4. The smallest absolute Gasteiger partial charge is 0.308 e. The van der Waals surface area contributed by atoms with Crippen LogP contribution >= 0.6 is 0 Å². The summed E-state index contributed by atoms with van der Waals surface area (Å²) in [6.07, 6.45) is 2.08. The molecule has 8 nitrogen and oxygen atoms in total. The molecule has 2 fully saturated rings. The number of nitrogens with two attached hydrogens (primary N) is 1. The molecule has 1 heterocycles. The molecule has 1 aromatic rings. The standard InChI is InChI=1S/C18H22N2O6/c1-25-15-6-11(4-5-14(15)26-9-16(19)21)17(22)20-7-12(10-2-3-10)13(8-20)18(23)24/h4-6,10,12-13H,2-3,7-9H2,1H3,(H2,19,21)(H,23,24)/t12-,13+/m1/s1. The van der Waals surface area contributed by atoms with Crippen LogP contribution < -0.4 is 15.2 Å². The number of nitrogens with zero attached hydrogens (tertiary/aromatic N) is 1. The third-order valence-corrected chi connectivity index (χ3v) is 4.98. The number of hydrogen-bond donors (Lipinski definition) is 2. The van der Waals surface area contributed by atoms with Crippen LogP contribution in [0.1, 0.15) is 23.2 Å². The van der Waals surface area contributed by atoms with E-state index in [-0.39, 0.29) is 25.0 Å². The lowest BCUT2D eigenvalue weighted by atomic mass is 9.92. The summed E-state index contributed by atoms with van der Waals surface area (Å²) in [6.45, 7) is 0.388. The first-order valence-corrected chi connectivity index (χ1v) is 8.52. The number of carbonyl (C=O) groups excluding carboxylic acids is 2. The molecule has 0 bridgehead atoms. The number of carbonyl (C=O) groups is 3. The molecular weight excluding hydrogens is 340 g/mol. The molecule has 2 aliphatic rings. The van der Waals surface area contributed by atoms with Crippen LogP contribution in [0.2, 0.25) is 0 Å². The van der Waals surface area contributed by atoms with Gasteiger partial charge >= 0.3 is 5.97 Å². The molecule has 1 aromatic carbocycles. The molecule has 1 saturated heterocycles. The van der Waals surface area contributed by atoms with E-state index in [1.807, 2.05) is 0 Å². The Kier molecular flexibility index (Phi) is 5.01. The average Bonchev–Trinajstić information content (AvgIpc) is 3.37. The van der Waals surface area contributed by atoms with Gasteiger partial charge in [0.1, 0.15) is 0 Å². The van der Waals surface area contributed by atoms with Gasteiger partial charge in [-0.2, -0.15) is 0 Å². The van der Waals surface area contributed by atoms with Crippen LogP contribution in [-0.4, -0.2) is 54.6 Å². The molecule has 1 aliphatic carbocycles. The molecule has 8 heteroatoms. The van der Waals surface area contributed by atoms with Gasteiger partial charge in [-0.25, -0.2) is 0 Å². The number of likely N-dealkylation sites (tertiary alicyclic amines) is 1. The maximum atomic E-state index is 12.8. The second kappa shape index (κ2) is 7.23. The van der Waals surface area contributed by atoms with E-state index in [1.54, 1.807) is 11.0 Å². The molecule has 0 aromatic heterocycles. The molecule has 2 atom stereocenters. The summed E-state index contributed by atoms with van der Waals surface area (Å²) in [5, 5.41) is 9.44. The zero-order valence-corrected chi connectivity index (χ0v) is 14.5. The summed E-state index contributed by atoms with van der Waals surface area (Å²) < 4.78 is 10.5. The van der Waals surface area contributed by atoms with Crippen LogP contribution in [0.25, 0.3) is 0 Å². The molecule has 1 saturated carbocycles. The Labute approximate surface area is 150 Å². The molecule has 1 aliphatic heterocycles. The Hall–Kier alpha value is -2.77. The fourth-order valence-electron chi connectivity index (χ4n) is 3.51. The number of methoxy groups -OCH3 is 1. The number of carboxylic acid groups (broad SMARTS) is 1. The fraction of sp³-hybridized carbons (Fsp3) is 0.500. The normalized spacial score (nSPS) is 22.1. The summed E-state index contributed by atoms with van der Waals surface area (Å²) in [5.41, 5.74) is 5.44. The second-order valence-electron chi connectivity index (χ2n) is 6.78. The predicted octanol–water partition coefficient (Wildman–Crippen LogP) is 0.742. The van der Waals surface area contributed by atoms with Gasteiger partial charge in [0.15, 0.2) is 18.1 Å². The average molecular weight is 362 g/mol. The zero-order chi connectivity index (χ0) is 18.8. The van der Waals surface area contributed by atoms with Gasteiger partial charge in [0.05, 0.1) is 13.0 Å². The highest BCUT2D eigenvalue weighted by Crippen LogP contribution is 2.44. The minimum absolute atomic E-state index is 0.0246. The van der Waals surface area contributed by atoms with Crippen molar-refractivity contribution in [1.82, 2.24) is 4.90 Å². The van der Waals surface area contributed by atoms with E-state index in [0.29, 0.717) is 29.5 Å². The monoisotopic (exact) mass is 362 g/mol. The topological polar surface area (TPSA) is 119 Å². The van der Waals surface area contributed by atoms with Crippen molar-refractivity contribution in [3.8, 4) is 11.5 Å². The number of ether oxygens (including phenoxy) is 2. The Morgan fingerprint density at radius 2 is 1.96 bits per heavy atom. The van der Waals surface area contributed by atoms with Crippen LogP contribution in [0.4, 0.5) is 0 Å². The lowest BCUT2D eigenvalue weighted by Gasteiger charge is -2.17. The van der Waals surface area contributed by atoms with E-state index in [2.05, 4.69) is 0 Å². The van der Waals surface area contributed by atoms with Gasteiger partial charge in [-0.05, 0) is 42.9 Å². The number of primary amides is 1. The van der Waals surface area contributed by atoms with E-state index in [0.717, 1.165) is 12.8 Å². The fourth-order valence-corrected chi connectivity index (χ4v) is 3.51. The van der Waals surface area contributed by atoms with Gasteiger partial charge in [0.25, 0.3) is 11.8 Å². The third kappa shape index (κ3) is 3.74. The number of amides is 2. The number of aliphatic carboxylic acids is 1. The highest BCUT2D eigenvalue weighted by molar-refractivity contribution is 5.95. The third-order valence-electron chi connectivity index (χ3n) is 4.98. The molecule has 0 unspecified atom stereocenters. The molecule has 26 heavy (non-hydrogen) atoms. The number of benzene rings is 1. The minimum Gasteiger partial charge on any atom is -0.493 e. The van der Waals surface area contributed by atoms with Crippen molar-refractivity contribution in [1.29, 1.82) is 0 Å². The number of carboxylic acids is 1. The number of hydrogen-bond acceptors (Lipinski definition) is 5. The van der Waals surface area contributed by atoms with Crippen molar-refractivity contribution in [3.05, 3.63) is 23.8 Å². The van der Waals surface area contributed by atoms with E-state index in [4.69, 9.17) is 15.2 Å². The van der Waals surface area contributed by atoms with Crippen molar-refractivity contribution >= 4 is 17.8 Å². The minimum atomic E-state index is -0.843.